The molecule has 2 N–H and O–H groups in total. The number of halogens is 1. The quantitative estimate of drug-likeness (QED) is 0.580. The van der Waals surface area contributed by atoms with Crippen LogP contribution in [0, 0.1) is 0 Å². The lowest BCUT2D eigenvalue weighted by atomic mass is 10.1. The van der Waals surface area contributed by atoms with Crippen LogP contribution < -0.4 is 16.2 Å². The predicted octanol–water partition coefficient (Wildman–Crippen LogP) is 2.58. The molecule has 30 heavy (non-hydrogen) atoms. The van der Waals surface area contributed by atoms with Crippen LogP contribution in [0.3, 0.4) is 0 Å². The van der Waals surface area contributed by atoms with Gasteiger partial charge in [0.1, 0.15) is 15.4 Å². The summed E-state index contributed by atoms with van der Waals surface area (Å²) in [6, 6.07) is 14.0. The lowest BCUT2D eigenvalue weighted by Gasteiger charge is -2.14. The van der Waals surface area contributed by atoms with Gasteiger partial charge in [0.2, 0.25) is 0 Å². The van der Waals surface area contributed by atoms with Crippen LogP contribution in [0.5, 0.6) is 0 Å². The molecular formula is C21H22ClN3O4S. The van der Waals surface area contributed by atoms with E-state index in [1.807, 2.05) is 0 Å². The molecule has 2 aromatic carbocycles. The van der Waals surface area contributed by atoms with Crippen LogP contribution in [-0.4, -0.2) is 37.4 Å². The first kappa shape index (κ1) is 21.9. The van der Waals surface area contributed by atoms with E-state index in [2.05, 4.69) is 10.6 Å². The van der Waals surface area contributed by atoms with Crippen LogP contribution in [0.4, 0.5) is 5.69 Å². The van der Waals surface area contributed by atoms with Crippen molar-refractivity contribution in [3.05, 3.63) is 75.0 Å². The molecule has 0 bridgehead atoms. The Hall–Kier alpha value is -2.84. The number of benzene rings is 2. The van der Waals surface area contributed by atoms with Gasteiger partial charge in [0.05, 0.1) is 17.0 Å². The third-order valence-corrected chi connectivity index (χ3v) is 5.83. The Balaban J connectivity index is 1.86. The van der Waals surface area contributed by atoms with Crippen LogP contribution >= 0.6 is 11.6 Å². The number of amides is 1. The second-order valence-corrected chi connectivity index (χ2v) is 9.73. The van der Waals surface area contributed by atoms with Gasteiger partial charge in [-0.25, -0.2) is 8.42 Å². The van der Waals surface area contributed by atoms with E-state index in [-0.39, 0.29) is 24.4 Å². The summed E-state index contributed by atoms with van der Waals surface area (Å²) in [4.78, 5) is 25.5. The molecule has 0 saturated heterocycles. The lowest BCUT2D eigenvalue weighted by Crippen LogP contribution is -2.32. The fraction of sp³-hybridized carbons (Fsp3) is 0.238. The third-order valence-electron chi connectivity index (χ3n) is 4.64. The zero-order valence-corrected chi connectivity index (χ0v) is 18.2. The van der Waals surface area contributed by atoms with E-state index in [9.17, 15) is 18.0 Å². The van der Waals surface area contributed by atoms with Crippen molar-refractivity contribution in [1.29, 1.82) is 0 Å². The summed E-state index contributed by atoms with van der Waals surface area (Å²) in [5.41, 5.74) is 1.69. The maximum atomic E-state index is 12.8. The first-order valence-electron chi connectivity index (χ1n) is 9.23. The molecular weight excluding hydrogens is 426 g/mol. The number of anilines is 1. The fourth-order valence-electron chi connectivity index (χ4n) is 3.11. The average molecular weight is 448 g/mol. The molecule has 0 spiro atoms. The molecule has 0 unspecified atom stereocenters. The molecule has 0 aliphatic carbocycles. The van der Waals surface area contributed by atoms with E-state index < -0.39 is 21.3 Å². The normalized spacial score (nSPS) is 11.4. The van der Waals surface area contributed by atoms with Gasteiger partial charge in [-0.05, 0) is 29.8 Å². The topological polar surface area (TPSA) is 97.3 Å². The summed E-state index contributed by atoms with van der Waals surface area (Å²) in [5.74, 6) is -0.495. The van der Waals surface area contributed by atoms with Crippen molar-refractivity contribution in [2.75, 3.05) is 23.9 Å². The molecule has 0 aliphatic rings. The lowest BCUT2D eigenvalue weighted by molar-refractivity contribution is 0.0949. The second kappa shape index (κ2) is 8.89. The SMILES string of the molecule is Cn1c(=O)c(C(=O)NCc2ccc(Cl)cc2)cc2cccc(NCCS(C)(=O)=O)c21. The van der Waals surface area contributed by atoms with E-state index in [4.69, 9.17) is 11.6 Å². The average Bonchev–Trinajstić information content (AvgIpc) is 2.69. The van der Waals surface area contributed by atoms with Crippen LogP contribution in [0.25, 0.3) is 10.9 Å². The maximum absolute atomic E-state index is 12.8. The number of carbonyl (C=O) groups excluding carboxylic acids is 1. The van der Waals surface area contributed by atoms with Gasteiger partial charge in [-0.3, -0.25) is 9.59 Å². The van der Waals surface area contributed by atoms with Gasteiger partial charge in [-0.15, -0.1) is 0 Å². The van der Waals surface area contributed by atoms with Crippen molar-refractivity contribution in [3.63, 3.8) is 0 Å². The highest BCUT2D eigenvalue weighted by atomic mass is 35.5. The molecule has 1 heterocycles. The maximum Gasteiger partial charge on any atom is 0.263 e. The number of nitrogens with zero attached hydrogens (tertiary/aromatic N) is 1. The molecule has 0 fully saturated rings. The van der Waals surface area contributed by atoms with Gasteiger partial charge < -0.3 is 15.2 Å². The number of hydrogen-bond donors (Lipinski definition) is 2. The summed E-state index contributed by atoms with van der Waals surface area (Å²) in [6.45, 7) is 0.486. The van der Waals surface area contributed by atoms with E-state index in [1.54, 1.807) is 55.6 Å². The standard InChI is InChI=1S/C21H22ClN3O4S/c1-25-19-15(4-3-5-18(19)23-10-11-30(2,28)29)12-17(21(25)27)20(26)24-13-14-6-8-16(22)9-7-14/h3-9,12,23H,10-11,13H2,1-2H3,(H,24,26). The minimum atomic E-state index is -3.11. The predicted molar refractivity (Wildman–Crippen MR) is 120 cm³/mol. The fourth-order valence-corrected chi connectivity index (χ4v) is 3.71. The Labute approximate surface area is 179 Å². The van der Waals surface area contributed by atoms with Crippen molar-refractivity contribution < 1.29 is 13.2 Å². The number of carbonyl (C=O) groups is 1. The number of rotatable bonds is 7. The molecule has 7 nitrogen and oxygen atoms in total. The minimum absolute atomic E-state index is 0.0253. The number of nitrogens with one attached hydrogen (secondary N) is 2. The number of para-hydroxylation sites is 1. The third kappa shape index (κ3) is 5.20. The highest BCUT2D eigenvalue weighted by molar-refractivity contribution is 7.90. The summed E-state index contributed by atoms with van der Waals surface area (Å²) in [7, 11) is -1.52. The number of fused-ring (bicyclic) bond motifs is 1. The van der Waals surface area contributed by atoms with Gasteiger partial charge in [-0.2, -0.15) is 0 Å². The van der Waals surface area contributed by atoms with Crippen molar-refractivity contribution in [1.82, 2.24) is 9.88 Å². The monoisotopic (exact) mass is 447 g/mol. The number of pyridine rings is 1. The number of sulfone groups is 1. The summed E-state index contributed by atoms with van der Waals surface area (Å²) >= 11 is 5.86. The minimum Gasteiger partial charge on any atom is -0.382 e. The molecule has 1 amide bonds. The molecule has 3 aromatic rings. The van der Waals surface area contributed by atoms with Crippen molar-refractivity contribution in [3.8, 4) is 0 Å². The molecule has 0 atom stereocenters. The van der Waals surface area contributed by atoms with Crippen molar-refractivity contribution in [2.24, 2.45) is 7.05 Å². The zero-order valence-electron chi connectivity index (χ0n) is 16.6. The highest BCUT2D eigenvalue weighted by Gasteiger charge is 2.16. The summed E-state index contributed by atoms with van der Waals surface area (Å²) < 4.78 is 24.1. The summed E-state index contributed by atoms with van der Waals surface area (Å²) in [6.07, 6.45) is 1.17. The van der Waals surface area contributed by atoms with Gasteiger partial charge in [0.25, 0.3) is 11.5 Å². The first-order chi connectivity index (χ1) is 14.2. The molecule has 3 rings (SSSR count). The number of aromatic nitrogens is 1. The smallest absolute Gasteiger partial charge is 0.263 e. The summed E-state index contributed by atoms with van der Waals surface area (Å²) in [5, 5.41) is 7.12. The molecule has 1 aromatic heterocycles. The molecule has 0 aliphatic heterocycles. The van der Waals surface area contributed by atoms with Gasteiger partial charge in [0.15, 0.2) is 0 Å². The van der Waals surface area contributed by atoms with E-state index in [1.165, 1.54) is 10.8 Å². The zero-order chi connectivity index (χ0) is 21.9. The van der Waals surface area contributed by atoms with E-state index >= 15 is 0 Å². The Kier molecular flexibility index (Phi) is 6.48. The van der Waals surface area contributed by atoms with Gasteiger partial charge >= 0.3 is 0 Å². The Morgan fingerprint density at radius 3 is 2.50 bits per heavy atom. The highest BCUT2D eigenvalue weighted by Crippen LogP contribution is 2.22. The Morgan fingerprint density at radius 2 is 1.83 bits per heavy atom. The van der Waals surface area contributed by atoms with Crippen LogP contribution in [0.2, 0.25) is 5.02 Å². The molecule has 158 valence electrons. The number of aryl methyl sites for hydroxylation is 1. The largest absolute Gasteiger partial charge is 0.382 e. The van der Waals surface area contributed by atoms with Crippen LogP contribution in [-0.2, 0) is 23.4 Å². The molecule has 9 heteroatoms. The van der Waals surface area contributed by atoms with Crippen LogP contribution in [0.1, 0.15) is 15.9 Å². The van der Waals surface area contributed by atoms with Gasteiger partial charge in [0, 0.05) is 36.8 Å². The first-order valence-corrected chi connectivity index (χ1v) is 11.7. The van der Waals surface area contributed by atoms with Crippen LogP contribution in [0.15, 0.2) is 53.3 Å². The number of hydrogen-bond acceptors (Lipinski definition) is 5. The Bertz CT molecular complexity index is 1250. The molecule has 0 radical (unpaired) electrons. The molecule has 0 saturated carbocycles. The van der Waals surface area contributed by atoms with Gasteiger partial charge in [-0.1, -0.05) is 35.9 Å². The van der Waals surface area contributed by atoms with E-state index in [0.29, 0.717) is 21.6 Å². The Morgan fingerprint density at radius 1 is 1.13 bits per heavy atom. The van der Waals surface area contributed by atoms with Crippen molar-refractivity contribution in [2.45, 2.75) is 6.54 Å². The second-order valence-electron chi connectivity index (χ2n) is 7.03. The van der Waals surface area contributed by atoms with E-state index in [0.717, 1.165) is 5.56 Å². The van der Waals surface area contributed by atoms with Crippen molar-refractivity contribution >= 4 is 43.9 Å².